The van der Waals surface area contributed by atoms with Gasteiger partial charge in [-0.3, -0.25) is 0 Å². The molecule has 0 aliphatic carbocycles. The molecule has 0 saturated heterocycles. The van der Waals surface area contributed by atoms with Gasteiger partial charge in [-0.25, -0.2) is 4.39 Å². The minimum atomic E-state index is -0.167. The third-order valence-corrected chi connectivity index (χ3v) is 4.00. The van der Waals surface area contributed by atoms with Gasteiger partial charge in [0.15, 0.2) is 0 Å². The number of rotatable bonds is 6. The van der Waals surface area contributed by atoms with Crippen molar-refractivity contribution in [3.8, 4) is 0 Å². The van der Waals surface area contributed by atoms with Crippen LogP contribution in [0.1, 0.15) is 16.7 Å². The largest absolute Gasteiger partial charge is 0.319 e. The van der Waals surface area contributed by atoms with E-state index in [4.69, 9.17) is 11.6 Å². The lowest BCUT2D eigenvalue weighted by atomic mass is 9.90. The predicted octanol–water partition coefficient (Wildman–Crippen LogP) is 4.41. The Hall–Kier alpha value is -1.38. The summed E-state index contributed by atoms with van der Waals surface area (Å²) in [6, 6.07) is 13.0. The number of hydrogen-bond donors (Lipinski definition) is 1. The van der Waals surface area contributed by atoms with Crippen LogP contribution in [0.25, 0.3) is 0 Å². The molecule has 0 radical (unpaired) electrons. The molecule has 1 nitrogen and oxygen atoms in total. The molecule has 2 aromatic rings. The lowest BCUT2D eigenvalue weighted by molar-refractivity contribution is 0.491. The molecule has 0 aromatic heterocycles. The Kier molecular flexibility index (Phi) is 5.77. The van der Waals surface area contributed by atoms with Gasteiger partial charge in [0, 0.05) is 5.02 Å². The first-order valence-electron chi connectivity index (χ1n) is 7.22. The molecule has 0 spiro atoms. The molecule has 1 atom stereocenters. The first-order chi connectivity index (χ1) is 10.1. The molecule has 2 rings (SSSR count). The van der Waals surface area contributed by atoms with Gasteiger partial charge < -0.3 is 5.32 Å². The van der Waals surface area contributed by atoms with Crippen molar-refractivity contribution in [3.05, 3.63) is 70.0 Å². The van der Waals surface area contributed by atoms with E-state index in [0.29, 0.717) is 5.92 Å². The third-order valence-electron chi connectivity index (χ3n) is 3.74. The summed E-state index contributed by atoms with van der Waals surface area (Å²) in [6.07, 6.45) is 1.92. The van der Waals surface area contributed by atoms with E-state index in [0.717, 1.165) is 30.0 Å². The standard InChI is InChI=1S/C18H21ClFN/c1-13-9-18(20)8-5-16(13)11-15(12-21-2)10-14-3-6-17(19)7-4-14/h3-9,15,21H,10-12H2,1-2H3. The van der Waals surface area contributed by atoms with Crippen molar-refractivity contribution in [1.82, 2.24) is 5.32 Å². The second-order valence-corrected chi connectivity index (χ2v) is 5.97. The molecule has 0 aliphatic heterocycles. The van der Waals surface area contributed by atoms with Crippen LogP contribution in [-0.4, -0.2) is 13.6 Å². The third kappa shape index (κ3) is 4.83. The van der Waals surface area contributed by atoms with E-state index in [1.807, 2.05) is 32.2 Å². The fourth-order valence-electron chi connectivity index (χ4n) is 2.66. The molecule has 1 unspecified atom stereocenters. The molecule has 0 bridgehead atoms. The quantitative estimate of drug-likeness (QED) is 0.833. The molecule has 2 aromatic carbocycles. The average Bonchev–Trinajstić information content (AvgIpc) is 2.44. The van der Waals surface area contributed by atoms with E-state index in [1.165, 1.54) is 11.1 Å². The smallest absolute Gasteiger partial charge is 0.123 e. The summed E-state index contributed by atoms with van der Waals surface area (Å²) in [5, 5.41) is 4.01. The van der Waals surface area contributed by atoms with Crippen molar-refractivity contribution in [2.24, 2.45) is 5.92 Å². The minimum absolute atomic E-state index is 0.167. The molecular weight excluding hydrogens is 285 g/mol. The lowest BCUT2D eigenvalue weighted by Crippen LogP contribution is -2.23. The van der Waals surface area contributed by atoms with E-state index in [9.17, 15) is 4.39 Å². The summed E-state index contributed by atoms with van der Waals surface area (Å²) in [7, 11) is 1.96. The summed E-state index contributed by atoms with van der Waals surface area (Å²) in [5.74, 6) is 0.305. The van der Waals surface area contributed by atoms with Crippen molar-refractivity contribution >= 4 is 11.6 Å². The Bertz CT molecular complexity index is 580. The second kappa shape index (κ2) is 7.58. The van der Waals surface area contributed by atoms with Crippen LogP contribution in [0.3, 0.4) is 0 Å². The maximum atomic E-state index is 13.2. The predicted molar refractivity (Wildman–Crippen MR) is 87.4 cm³/mol. The highest BCUT2D eigenvalue weighted by Crippen LogP contribution is 2.19. The molecule has 0 aliphatic rings. The van der Waals surface area contributed by atoms with Gasteiger partial charge in [-0.1, -0.05) is 29.8 Å². The number of hydrogen-bond acceptors (Lipinski definition) is 1. The average molecular weight is 306 g/mol. The van der Waals surface area contributed by atoms with Crippen LogP contribution in [0.15, 0.2) is 42.5 Å². The van der Waals surface area contributed by atoms with Gasteiger partial charge in [-0.2, -0.15) is 0 Å². The van der Waals surface area contributed by atoms with Gasteiger partial charge in [0.25, 0.3) is 0 Å². The van der Waals surface area contributed by atoms with E-state index < -0.39 is 0 Å². The second-order valence-electron chi connectivity index (χ2n) is 5.53. The molecule has 0 heterocycles. The van der Waals surface area contributed by atoms with Crippen LogP contribution in [-0.2, 0) is 12.8 Å². The zero-order chi connectivity index (χ0) is 15.2. The maximum Gasteiger partial charge on any atom is 0.123 e. The van der Waals surface area contributed by atoms with Crippen molar-refractivity contribution < 1.29 is 4.39 Å². The molecule has 0 saturated carbocycles. The summed E-state index contributed by atoms with van der Waals surface area (Å²) < 4.78 is 13.2. The van der Waals surface area contributed by atoms with Gasteiger partial charge >= 0.3 is 0 Å². The van der Waals surface area contributed by atoms with Gasteiger partial charge in [0.1, 0.15) is 5.82 Å². The zero-order valence-electron chi connectivity index (χ0n) is 12.5. The van der Waals surface area contributed by atoms with E-state index in [-0.39, 0.29) is 5.82 Å². The fourth-order valence-corrected chi connectivity index (χ4v) is 2.78. The molecule has 1 N–H and O–H groups in total. The van der Waals surface area contributed by atoms with Crippen LogP contribution in [0, 0.1) is 18.7 Å². The Morgan fingerprint density at radius 2 is 1.81 bits per heavy atom. The summed E-state index contributed by atoms with van der Waals surface area (Å²) in [4.78, 5) is 0. The fraction of sp³-hybridized carbons (Fsp3) is 0.333. The Morgan fingerprint density at radius 1 is 1.10 bits per heavy atom. The summed E-state index contributed by atoms with van der Waals surface area (Å²) in [5.41, 5.74) is 3.51. The number of halogens is 2. The minimum Gasteiger partial charge on any atom is -0.319 e. The number of aryl methyl sites for hydroxylation is 1. The lowest BCUT2D eigenvalue weighted by Gasteiger charge is -2.18. The highest BCUT2D eigenvalue weighted by molar-refractivity contribution is 6.30. The van der Waals surface area contributed by atoms with Crippen LogP contribution in [0.4, 0.5) is 4.39 Å². The van der Waals surface area contributed by atoms with Crippen molar-refractivity contribution in [3.63, 3.8) is 0 Å². The SMILES string of the molecule is CNCC(Cc1ccc(Cl)cc1)Cc1ccc(F)cc1C. The molecule has 3 heteroatoms. The van der Waals surface area contributed by atoms with Crippen molar-refractivity contribution in [1.29, 1.82) is 0 Å². The van der Waals surface area contributed by atoms with Gasteiger partial charge in [0.2, 0.25) is 0 Å². The Balaban J connectivity index is 2.09. The monoisotopic (exact) mass is 305 g/mol. The van der Waals surface area contributed by atoms with Gasteiger partial charge in [-0.15, -0.1) is 0 Å². The first kappa shape index (κ1) is 16.0. The molecule has 112 valence electrons. The Labute approximate surface area is 131 Å². The van der Waals surface area contributed by atoms with Gasteiger partial charge in [0.05, 0.1) is 0 Å². The summed E-state index contributed by atoms with van der Waals surface area (Å²) in [6.45, 7) is 2.90. The normalized spacial score (nSPS) is 12.4. The number of nitrogens with one attached hydrogen (secondary N) is 1. The topological polar surface area (TPSA) is 12.0 Å². The van der Waals surface area contributed by atoms with Crippen LogP contribution >= 0.6 is 11.6 Å². The highest BCUT2D eigenvalue weighted by atomic mass is 35.5. The van der Waals surface area contributed by atoms with Crippen molar-refractivity contribution in [2.45, 2.75) is 19.8 Å². The van der Waals surface area contributed by atoms with Crippen LogP contribution < -0.4 is 5.32 Å². The summed E-state index contributed by atoms with van der Waals surface area (Å²) >= 11 is 5.93. The molecule has 0 fully saturated rings. The van der Waals surface area contributed by atoms with E-state index >= 15 is 0 Å². The zero-order valence-corrected chi connectivity index (χ0v) is 13.3. The first-order valence-corrected chi connectivity index (χ1v) is 7.60. The van der Waals surface area contributed by atoms with Crippen molar-refractivity contribution in [2.75, 3.05) is 13.6 Å². The maximum absolute atomic E-state index is 13.2. The van der Waals surface area contributed by atoms with E-state index in [2.05, 4.69) is 17.4 Å². The van der Waals surface area contributed by atoms with Crippen LogP contribution in [0.5, 0.6) is 0 Å². The van der Waals surface area contributed by atoms with E-state index in [1.54, 1.807) is 12.1 Å². The molecule has 0 amide bonds. The molecule has 21 heavy (non-hydrogen) atoms. The number of benzene rings is 2. The van der Waals surface area contributed by atoms with Gasteiger partial charge in [-0.05, 0) is 80.2 Å². The highest BCUT2D eigenvalue weighted by Gasteiger charge is 2.12. The van der Waals surface area contributed by atoms with Crippen LogP contribution in [0.2, 0.25) is 5.02 Å². The molecular formula is C18H21ClFN. The Morgan fingerprint density at radius 3 is 2.43 bits per heavy atom.